The van der Waals surface area contributed by atoms with E-state index in [-0.39, 0.29) is 42.2 Å². The molecule has 0 unspecified atom stereocenters. The SMILES string of the molecule is N[C@@H](CCC(=O)O)C(=O)[O-].N[C@@H](CCC(=O)O)C(=O)[O-].[Ni+2]. The van der Waals surface area contributed by atoms with Gasteiger partial charge in [-0.05, 0) is 12.8 Å². The molecule has 0 radical (unpaired) electrons. The van der Waals surface area contributed by atoms with Gasteiger partial charge in [0.15, 0.2) is 0 Å². The zero-order valence-electron chi connectivity index (χ0n) is 10.8. The van der Waals surface area contributed by atoms with E-state index in [2.05, 4.69) is 0 Å². The van der Waals surface area contributed by atoms with E-state index in [1.807, 2.05) is 0 Å². The van der Waals surface area contributed by atoms with Crippen LogP contribution in [-0.2, 0) is 35.7 Å². The van der Waals surface area contributed by atoms with Crippen LogP contribution in [-0.4, -0.2) is 46.2 Å². The third-order valence-corrected chi connectivity index (χ3v) is 1.94. The van der Waals surface area contributed by atoms with Crippen molar-refractivity contribution in [2.45, 2.75) is 37.8 Å². The van der Waals surface area contributed by atoms with Crippen LogP contribution >= 0.6 is 0 Å². The maximum atomic E-state index is 9.88. The standard InChI is InChI=1S/2C5H9NO4.Ni/c2*6-3(5(9)10)1-2-4(7)8;/h2*3H,1-2,6H2,(H,7,8)(H,9,10);/q;;+2/p-2/t2*3-;/m00./s1. The number of carboxylic acids is 4. The molecule has 0 aromatic carbocycles. The molecule has 0 aliphatic rings. The summed E-state index contributed by atoms with van der Waals surface area (Å²) in [4.78, 5) is 39.5. The van der Waals surface area contributed by atoms with Crippen molar-refractivity contribution < 1.29 is 56.1 Å². The van der Waals surface area contributed by atoms with Crippen molar-refractivity contribution in [2.75, 3.05) is 0 Å². The fraction of sp³-hybridized carbons (Fsp3) is 0.600. The summed E-state index contributed by atoms with van der Waals surface area (Å²) in [6.45, 7) is 0. The maximum absolute atomic E-state index is 9.88. The summed E-state index contributed by atoms with van der Waals surface area (Å²) in [6, 6.07) is -2.34. The zero-order valence-corrected chi connectivity index (χ0v) is 11.8. The molecule has 0 aromatic heterocycles. The van der Waals surface area contributed by atoms with Gasteiger partial charge in [0, 0.05) is 24.9 Å². The summed E-state index contributed by atoms with van der Waals surface area (Å²) < 4.78 is 0. The van der Waals surface area contributed by atoms with Crippen LogP contribution in [0.5, 0.6) is 0 Å². The molecule has 0 fully saturated rings. The van der Waals surface area contributed by atoms with Gasteiger partial charge in [0.05, 0.1) is 11.9 Å². The van der Waals surface area contributed by atoms with Crippen LogP contribution in [0, 0.1) is 0 Å². The van der Waals surface area contributed by atoms with E-state index in [1.165, 1.54) is 0 Å². The van der Waals surface area contributed by atoms with Crippen molar-refractivity contribution in [1.82, 2.24) is 0 Å². The summed E-state index contributed by atoms with van der Waals surface area (Å²) in [5.41, 5.74) is 9.88. The quantitative estimate of drug-likeness (QED) is 0.310. The Morgan fingerprint density at radius 2 is 1.05 bits per heavy atom. The molecule has 0 heterocycles. The minimum Gasteiger partial charge on any atom is -0.548 e. The second kappa shape index (κ2) is 13.3. The molecule has 10 nitrogen and oxygen atoms in total. The Bertz CT molecular complexity index is 329. The predicted octanol–water partition coefficient (Wildman–Crippen LogP) is -4.15. The molecular formula is C10H16N2NiO8. The number of aliphatic carboxylic acids is 4. The summed E-state index contributed by atoms with van der Waals surface area (Å²) in [5.74, 6) is -4.95. The zero-order chi connectivity index (χ0) is 16.3. The Morgan fingerprint density at radius 1 is 0.810 bits per heavy atom. The molecule has 0 aliphatic heterocycles. The third kappa shape index (κ3) is 18.3. The van der Waals surface area contributed by atoms with Crippen molar-refractivity contribution in [1.29, 1.82) is 0 Å². The Hall–Kier alpha value is -1.71. The predicted molar refractivity (Wildman–Crippen MR) is 59.7 cm³/mol. The van der Waals surface area contributed by atoms with E-state index < -0.39 is 36.0 Å². The van der Waals surface area contributed by atoms with Gasteiger partial charge in [0.1, 0.15) is 0 Å². The molecule has 124 valence electrons. The van der Waals surface area contributed by atoms with Crippen LogP contribution in [0.4, 0.5) is 0 Å². The van der Waals surface area contributed by atoms with E-state index in [4.69, 9.17) is 21.7 Å². The number of nitrogens with two attached hydrogens (primary N) is 2. The number of rotatable bonds is 8. The van der Waals surface area contributed by atoms with Gasteiger partial charge in [0.25, 0.3) is 0 Å². The molecule has 0 bridgehead atoms. The third-order valence-electron chi connectivity index (χ3n) is 1.94. The van der Waals surface area contributed by atoms with E-state index in [0.29, 0.717) is 0 Å². The van der Waals surface area contributed by atoms with Crippen molar-refractivity contribution in [3.63, 3.8) is 0 Å². The molecule has 0 saturated heterocycles. The first-order valence-electron chi connectivity index (χ1n) is 5.44. The van der Waals surface area contributed by atoms with Gasteiger partial charge < -0.3 is 41.5 Å². The Balaban J connectivity index is -0.000000295. The first kappa shape index (κ1) is 24.3. The van der Waals surface area contributed by atoms with Gasteiger partial charge in [-0.3, -0.25) is 9.59 Å². The molecule has 0 spiro atoms. The van der Waals surface area contributed by atoms with Crippen LogP contribution in [0.2, 0.25) is 0 Å². The van der Waals surface area contributed by atoms with Crippen LogP contribution in [0.3, 0.4) is 0 Å². The summed E-state index contributed by atoms with van der Waals surface area (Å²) in [6.07, 6.45) is -0.653. The number of hydrogen-bond donors (Lipinski definition) is 4. The van der Waals surface area contributed by atoms with Crippen LogP contribution in [0.1, 0.15) is 25.7 Å². The fourth-order valence-corrected chi connectivity index (χ4v) is 0.794. The molecule has 21 heavy (non-hydrogen) atoms. The molecule has 0 saturated carbocycles. The van der Waals surface area contributed by atoms with Gasteiger partial charge in [-0.25, -0.2) is 0 Å². The molecule has 0 aromatic rings. The molecule has 0 amide bonds. The van der Waals surface area contributed by atoms with Gasteiger partial charge in [-0.1, -0.05) is 0 Å². The molecule has 6 N–H and O–H groups in total. The molecule has 0 rings (SSSR count). The fourth-order valence-electron chi connectivity index (χ4n) is 0.794. The van der Waals surface area contributed by atoms with Gasteiger partial charge in [-0.2, -0.15) is 0 Å². The number of carbonyl (C=O) groups excluding carboxylic acids is 2. The monoisotopic (exact) mass is 350 g/mol. The van der Waals surface area contributed by atoms with E-state index >= 15 is 0 Å². The maximum Gasteiger partial charge on any atom is 2.00 e. The van der Waals surface area contributed by atoms with E-state index in [1.54, 1.807) is 0 Å². The Labute approximate surface area is 130 Å². The first-order valence-corrected chi connectivity index (χ1v) is 5.44. The largest absolute Gasteiger partial charge is 2.00 e. The number of carboxylic acid groups (broad SMARTS) is 4. The molecule has 0 aliphatic carbocycles. The average Bonchev–Trinajstić information content (AvgIpc) is 2.33. The first-order chi connectivity index (χ1) is 9.07. The average molecular weight is 351 g/mol. The van der Waals surface area contributed by atoms with Crippen LogP contribution in [0.25, 0.3) is 0 Å². The molecule has 11 heteroatoms. The van der Waals surface area contributed by atoms with Crippen molar-refractivity contribution in [2.24, 2.45) is 11.5 Å². The number of carbonyl (C=O) groups is 4. The Kier molecular flexibility index (Phi) is 15.4. The van der Waals surface area contributed by atoms with Crippen molar-refractivity contribution >= 4 is 23.9 Å². The van der Waals surface area contributed by atoms with Gasteiger partial charge in [-0.15, -0.1) is 0 Å². The van der Waals surface area contributed by atoms with Gasteiger partial charge in [0.2, 0.25) is 0 Å². The van der Waals surface area contributed by atoms with E-state index in [9.17, 15) is 29.4 Å². The second-order valence-electron chi connectivity index (χ2n) is 3.72. The summed E-state index contributed by atoms with van der Waals surface area (Å²) in [5, 5.41) is 35.9. The van der Waals surface area contributed by atoms with E-state index in [0.717, 1.165) is 0 Å². The number of hydrogen-bond acceptors (Lipinski definition) is 8. The summed E-state index contributed by atoms with van der Waals surface area (Å²) in [7, 11) is 0. The summed E-state index contributed by atoms with van der Waals surface area (Å²) >= 11 is 0. The smallest absolute Gasteiger partial charge is 0.548 e. The second-order valence-corrected chi connectivity index (χ2v) is 3.72. The minimum atomic E-state index is -1.42. The van der Waals surface area contributed by atoms with Crippen LogP contribution < -0.4 is 21.7 Å². The van der Waals surface area contributed by atoms with Crippen LogP contribution in [0.15, 0.2) is 0 Å². The Morgan fingerprint density at radius 3 is 1.19 bits per heavy atom. The molecule has 2 atom stereocenters. The van der Waals surface area contributed by atoms with Crippen molar-refractivity contribution in [3.8, 4) is 0 Å². The topological polar surface area (TPSA) is 207 Å². The normalized spacial score (nSPS) is 11.9. The minimum absolute atomic E-state index is 0. The van der Waals surface area contributed by atoms with Gasteiger partial charge >= 0.3 is 28.4 Å². The molecular weight excluding hydrogens is 335 g/mol. The van der Waals surface area contributed by atoms with Crippen molar-refractivity contribution in [3.05, 3.63) is 0 Å².